The second-order valence-corrected chi connectivity index (χ2v) is 9.95. The molecule has 1 aliphatic rings. The lowest BCUT2D eigenvalue weighted by Crippen LogP contribution is -2.32. The van der Waals surface area contributed by atoms with Crippen LogP contribution in [0.3, 0.4) is 0 Å². The first-order valence-electron chi connectivity index (χ1n) is 9.88. The average molecular weight is 501 g/mol. The van der Waals surface area contributed by atoms with Crippen LogP contribution >= 0.6 is 11.6 Å². The Hall–Kier alpha value is -2.76. The van der Waals surface area contributed by atoms with E-state index in [0.29, 0.717) is 5.69 Å². The molecule has 3 aromatic rings. The number of benzene rings is 2. The fourth-order valence-electron chi connectivity index (χ4n) is 3.81. The molecular weight excluding hydrogens is 481 g/mol. The fraction of sp³-hybridized carbons (Fsp3) is 0.286. The maximum atomic E-state index is 13.1. The van der Waals surface area contributed by atoms with Gasteiger partial charge >= 0.3 is 6.36 Å². The van der Waals surface area contributed by atoms with Crippen LogP contribution in [-0.4, -0.2) is 47.8 Å². The molecule has 1 aliphatic heterocycles. The molecule has 0 saturated carbocycles. The molecule has 2 heterocycles. The third kappa shape index (κ3) is 5.26. The van der Waals surface area contributed by atoms with E-state index in [9.17, 15) is 21.6 Å². The van der Waals surface area contributed by atoms with E-state index < -0.39 is 28.2 Å². The van der Waals surface area contributed by atoms with Crippen LogP contribution in [0.15, 0.2) is 66.1 Å². The number of alkyl halides is 3. The van der Waals surface area contributed by atoms with Gasteiger partial charge in [0.05, 0.1) is 11.3 Å². The number of aryl methyl sites for hydroxylation is 1. The molecule has 0 amide bonds. The average Bonchev–Trinajstić information content (AvgIpc) is 3.37. The van der Waals surface area contributed by atoms with Gasteiger partial charge in [-0.25, -0.2) is 13.4 Å². The van der Waals surface area contributed by atoms with Crippen molar-refractivity contribution in [1.82, 2.24) is 13.9 Å². The number of sulfonamides is 1. The van der Waals surface area contributed by atoms with E-state index >= 15 is 0 Å². The van der Waals surface area contributed by atoms with Crippen LogP contribution in [0.2, 0.25) is 5.02 Å². The van der Waals surface area contributed by atoms with Crippen LogP contribution in [0, 0.1) is 0 Å². The van der Waals surface area contributed by atoms with Crippen molar-refractivity contribution in [2.45, 2.75) is 23.3 Å². The number of nitrogens with zero attached hydrogens (tertiary/aromatic N) is 3. The summed E-state index contributed by atoms with van der Waals surface area (Å²) in [6.45, 7) is 0.274. The van der Waals surface area contributed by atoms with Gasteiger partial charge in [-0.15, -0.1) is 13.2 Å². The number of aromatic nitrogens is 2. The van der Waals surface area contributed by atoms with Gasteiger partial charge in [-0.05, 0) is 17.7 Å². The Balaban J connectivity index is 1.63. The Morgan fingerprint density at radius 3 is 2.52 bits per heavy atom. The summed E-state index contributed by atoms with van der Waals surface area (Å²) in [5, 5.41) is 2.91. The van der Waals surface area contributed by atoms with Crippen molar-refractivity contribution in [1.29, 1.82) is 0 Å². The van der Waals surface area contributed by atoms with Gasteiger partial charge in [0.2, 0.25) is 0 Å². The molecule has 1 aromatic heterocycles. The van der Waals surface area contributed by atoms with Crippen molar-refractivity contribution in [3.8, 4) is 5.75 Å². The molecule has 2 aromatic carbocycles. The minimum Gasteiger partial charge on any atom is -0.404 e. The van der Waals surface area contributed by atoms with Crippen LogP contribution in [0.5, 0.6) is 5.75 Å². The van der Waals surface area contributed by atoms with E-state index in [1.165, 1.54) is 29.0 Å². The van der Waals surface area contributed by atoms with Gasteiger partial charge in [0.15, 0.2) is 5.03 Å². The Labute approximate surface area is 193 Å². The molecule has 1 saturated heterocycles. The quantitative estimate of drug-likeness (QED) is 0.548. The molecule has 33 heavy (non-hydrogen) atoms. The minimum absolute atomic E-state index is 0.0650. The predicted molar refractivity (Wildman–Crippen MR) is 117 cm³/mol. The van der Waals surface area contributed by atoms with Crippen LogP contribution in [0.25, 0.3) is 0 Å². The Kier molecular flexibility index (Phi) is 6.30. The topological polar surface area (TPSA) is 76.5 Å². The number of anilines is 1. The zero-order valence-electron chi connectivity index (χ0n) is 17.3. The molecule has 0 radical (unpaired) electrons. The number of nitrogens with one attached hydrogen (secondary N) is 1. The maximum Gasteiger partial charge on any atom is 0.573 e. The van der Waals surface area contributed by atoms with Gasteiger partial charge in [0, 0.05) is 50.0 Å². The second-order valence-electron chi connectivity index (χ2n) is 7.66. The highest BCUT2D eigenvalue weighted by Crippen LogP contribution is 2.36. The zero-order chi connectivity index (χ0) is 23.8. The zero-order valence-corrected chi connectivity index (χ0v) is 18.9. The molecule has 176 valence electrons. The number of ether oxygens (including phenoxy) is 1. The van der Waals surface area contributed by atoms with E-state index in [2.05, 4.69) is 15.0 Å². The Morgan fingerprint density at radius 1 is 1.15 bits per heavy atom. The molecule has 12 heteroatoms. The van der Waals surface area contributed by atoms with Crippen molar-refractivity contribution >= 4 is 27.3 Å². The summed E-state index contributed by atoms with van der Waals surface area (Å²) < 4.78 is 71.3. The first-order chi connectivity index (χ1) is 15.5. The summed E-state index contributed by atoms with van der Waals surface area (Å²) >= 11 is 5.85. The molecule has 0 unspecified atom stereocenters. The molecule has 0 aliphatic carbocycles. The largest absolute Gasteiger partial charge is 0.573 e. The van der Waals surface area contributed by atoms with Crippen molar-refractivity contribution in [3.05, 3.63) is 71.6 Å². The lowest BCUT2D eigenvalue weighted by molar-refractivity contribution is -0.274. The van der Waals surface area contributed by atoms with E-state index in [0.717, 1.165) is 11.6 Å². The highest BCUT2D eigenvalue weighted by Gasteiger charge is 2.41. The number of imidazole rings is 1. The molecule has 0 bridgehead atoms. The van der Waals surface area contributed by atoms with E-state index in [1.807, 2.05) is 30.3 Å². The summed E-state index contributed by atoms with van der Waals surface area (Å²) in [7, 11) is -2.18. The highest BCUT2D eigenvalue weighted by atomic mass is 35.5. The SMILES string of the molecule is Cn1cnc(S(=O)(=O)N2C[C@@H](Nc3ccc(Cl)c(OC(F)(F)F)c3)[C@H](c3ccccc3)C2)c1. The lowest BCUT2D eigenvalue weighted by Gasteiger charge is -2.22. The van der Waals surface area contributed by atoms with Gasteiger partial charge < -0.3 is 14.6 Å². The molecule has 1 N–H and O–H groups in total. The molecule has 2 atom stereocenters. The van der Waals surface area contributed by atoms with E-state index in [1.54, 1.807) is 11.6 Å². The lowest BCUT2D eigenvalue weighted by atomic mass is 9.94. The van der Waals surface area contributed by atoms with Gasteiger partial charge in [-0.1, -0.05) is 41.9 Å². The monoisotopic (exact) mass is 500 g/mol. The Morgan fingerprint density at radius 2 is 1.88 bits per heavy atom. The van der Waals surface area contributed by atoms with Gasteiger partial charge in [0.1, 0.15) is 5.75 Å². The normalized spacial score (nSPS) is 19.5. The van der Waals surface area contributed by atoms with E-state index in [-0.39, 0.29) is 29.1 Å². The summed E-state index contributed by atoms with van der Waals surface area (Å²) in [6.07, 6.45) is -2.06. The molecule has 4 rings (SSSR count). The Bertz CT molecular complexity index is 1240. The number of hydrogen-bond donors (Lipinski definition) is 1. The molecule has 7 nitrogen and oxygen atoms in total. The van der Waals surface area contributed by atoms with Crippen molar-refractivity contribution in [3.63, 3.8) is 0 Å². The van der Waals surface area contributed by atoms with Gasteiger partial charge in [0.25, 0.3) is 10.0 Å². The predicted octanol–water partition coefficient (Wildman–Crippen LogP) is 4.24. The smallest absolute Gasteiger partial charge is 0.404 e. The van der Waals surface area contributed by atoms with Crippen LogP contribution in [-0.2, 0) is 17.1 Å². The molecule has 1 fully saturated rings. The first kappa shape index (κ1) is 23.4. The van der Waals surface area contributed by atoms with Crippen molar-refractivity contribution in [2.75, 3.05) is 18.4 Å². The fourth-order valence-corrected chi connectivity index (χ4v) is 5.43. The highest BCUT2D eigenvalue weighted by molar-refractivity contribution is 7.89. The summed E-state index contributed by atoms with van der Waals surface area (Å²) in [6, 6.07) is 12.8. The van der Waals surface area contributed by atoms with Gasteiger partial charge in [-0.2, -0.15) is 4.31 Å². The standard InChI is InChI=1S/C21H20ClF3N4O3S/c1-28-12-20(26-13-28)33(30,31)29-10-16(14-5-3-2-4-6-14)18(11-29)27-15-7-8-17(22)19(9-15)32-21(23,24)25/h2-9,12-13,16,18,27H,10-11H2,1H3/t16-,18+/m0/s1. The van der Waals surface area contributed by atoms with Crippen molar-refractivity contribution in [2.24, 2.45) is 7.05 Å². The van der Waals surface area contributed by atoms with E-state index in [4.69, 9.17) is 11.6 Å². The van der Waals surface area contributed by atoms with Crippen LogP contribution in [0.4, 0.5) is 18.9 Å². The second kappa shape index (κ2) is 8.88. The third-order valence-corrected chi connectivity index (χ3v) is 7.34. The van der Waals surface area contributed by atoms with Crippen LogP contribution in [0.1, 0.15) is 11.5 Å². The summed E-state index contributed by atoms with van der Waals surface area (Å²) in [5.41, 5.74) is 1.22. The van der Waals surface area contributed by atoms with Crippen molar-refractivity contribution < 1.29 is 26.3 Å². The minimum atomic E-state index is -4.89. The van der Waals surface area contributed by atoms with Gasteiger partial charge in [-0.3, -0.25) is 0 Å². The third-order valence-electron chi connectivity index (χ3n) is 5.31. The number of rotatable bonds is 6. The van der Waals surface area contributed by atoms with Crippen LogP contribution < -0.4 is 10.1 Å². The number of halogens is 4. The first-order valence-corrected chi connectivity index (χ1v) is 11.7. The summed E-state index contributed by atoms with van der Waals surface area (Å²) in [5.74, 6) is -0.797. The molecule has 0 spiro atoms. The number of hydrogen-bond acceptors (Lipinski definition) is 5. The summed E-state index contributed by atoms with van der Waals surface area (Å²) in [4.78, 5) is 3.97. The molecular formula is C21H20ClF3N4O3S. The maximum absolute atomic E-state index is 13.1.